The molecule has 0 spiro atoms. The maximum absolute atomic E-state index is 11.3. The van der Waals surface area contributed by atoms with Crippen molar-refractivity contribution in [2.24, 2.45) is 0 Å². The maximum Gasteiger partial charge on any atom is 0.221 e. The van der Waals surface area contributed by atoms with Gasteiger partial charge in [-0.2, -0.15) is 0 Å². The quantitative estimate of drug-likeness (QED) is 0.850. The topological polar surface area (TPSA) is 38.3 Å². The standard InChI is InChI=1S/C11H13BrClNO2/c1-16-10-4-2-3-9(13)8(10)7-14-11(15)5-6-12/h2-4H,5-7H2,1H3,(H,14,15). The Balaban J connectivity index is 2.69. The largest absolute Gasteiger partial charge is 0.496 e. The van der Waals surface area contributed by atoms with E-state index in [1.54, 1.807) is 13.2 Å². The number of carbonyl (C=O) groups is 1. The van der Waals surface area contributed by atoms with E-state index in [2.05, 4.69) is 21.2 Å². The van der Waals surface area contributed by atoms with Crippen molar-refractivity contribution in [3.8, 4) is 5.75 Å². The van der Waals surface area contributed by atoms with Crippen LogP contribution in [0.3, 0.4) is 0 Å². The summed E-state index contributed by atoms with van der Waals surface area (Å²) in [4.78, 5) is 11.3. The van der Waals surface area contributed by atoms with Crippen LogP contribution in [-0.4, -0.2) is 18.3 Å². The highest BCUT2D eigenvalue weighted by atomic mass is 79.9. The molecular formula is C11H13BrClNO2. The molecule has 0 saturated carbocycles. The number of hydrogen-bond donors (Lipinski definition) is 1. The van der Waals surface area contributed by atoms with Crippen molar-refractivity contribution in [3.05, 3.63) is 28.8 Å². The number of carbonyl (C=O) groups excluding carboxylic acids is 1. The van der Waals surface area contributed by atoms with Crippen molar-refractivity contribution in [3.63, 3.8) is 0 Å². The second kappa shape index (κ2) is 6.76. The van der Waals surface area contributed by atoms with Gasteiger partial charge < -0.3 is 10.1 Å². The smallest absolute Gasteiger partial charge is 0.221 e. The van der Waals surface area contributed by atoms with Gasteiger partial charge in [-0.3, -0.25) is 4.79 Å². The van der Waals surface area contributed by atoms with Gasteiger partial charge in [0, 0.05) is 28.9 Å². The van der Waals surface area contributed by atoms with E-state index in [1.165, 1.54) is 0 Å². The first kappa shape index (κ1) is 13.3. The average Bonchev–Trinajstić information content (AvgIpc) is 2.27. The fourth-order valence-electron chi connectivity index (χ4n) is 1.26. The Morgan fingerprint density at radius 1 is 1.56 bits per heavy atom. The predicted molar refractivity (Wildman–Crippen MR) is 68.3 cm³/mol. The number of halogens is 2. The van der Waals surface area contributed by atoms with Crippen LogP contribution >= 0.6 is 27.5 Å². The van der Waals surface area contributed by atoms with Crippen molar-refractivity contribution in [2.45, 2.75) is 13.0 Å². The molecule has 88 valence electrons. The molecule has 0 fully saturated rings. The normalized spacial score (nSPS) is 9.94. The van der Waals surface area contributed by atoms with Crippen LogP contribution in [0, 0.1) is 0 Å². The summed E-state index contributed by atoms with van der Waals surface area (Å²) in [5, 5.41) is 4.03. The molecule has 1 amide bonds. The van der Waals surface area contributed by atoms with Crippen LogP contribution in [0.2, 0.25) is 5.02 Å². The zero-order valence-corrected chi connectivity index (χ0v) is 11.3. The molecule has 1 rings (SSSR count). The number of amides is 1. The molecule has 1 aromatic carbocycles. The van der Waals surface area contributed by atoms with Gasteiger partial charge >= 0.3 is 0 Å². The predicted octanol–water partition coefficient (Wildman–Crippen LogP) is 2.75. The minimum absolute atomic E-state index is 0.0150. The zero-order valence-electron chi connectivity index (χ0n) is 8.93. The van der Waals surface area contributed by atoms with Gasteiger partial charge in [0.25, 0.3) is 0 Å². The van der Waals surface area contributed by atoms with Gasteiger partial charge in [-0.1, -0.05) is 33.6 Å². The van der Waals surface area contributed by atoms with Crippen molar-refractivity contribution in [1.29, 1.82) is 0 Å². The lowest BCUT2D eigenvalue weighted by Gasteiger charge is -2.11. The third kappa shape index (κ3) is 3.68. The first-order chi connectivity index (χ1) is 7.69. The summed E-state index contributed by atoms with van der Waals surface area (Å²) in [7, 11) is 1.58. The highest BCUT2D eigenvalue weighted by Crippen LogP contribution is 2.25. The zero-order chi connectivity index (χ0) is 12.0. The van der Waals surface area contributed by atoms with Gasteiger partial charge in [0.05, 0.1) is 7.11 Å². The van der Waals surface area contributed by atoms with Gasteiger partial charge in [0.15, 0.2) is 0 Å². The average molecular weight is 307 g/mol. The van der Waals surface area contributed by atoms with Crippen LogP contribution < -0.4 is 10.1 Å². The number of methoxy groups -OCH3 is 1. The van der Waals surface area contributed by atoms with Crippen LogP contribution in [0.5, 0.6) is 5.75 Å². The molecule has 3 nitrogen and oxygen atoms in total. The SMILES string of the molecule is COc1cccc(Cl)c1CNC(=O)CCBr. The summed E-state index contributed by atoms with van der Waals surface area (Å²) in [5.41, 5.74) is 0.801. The highest BCUT2D eigenvalue weighted by Gasteiger charge is 2.08. The number of hydrogen-bond acceptors (Lipinski definition) is 2. The molecule has 0 radical (unpaired) electrons. The fourth-order valence-corrected chi connectivity index (χ4v) is 1.86. The highest BCUT2D eigenvalue weighted by molar-refractivity contribution is 9.09. The van der Waals surface area contributed by atoms with Gasteiger partial charge in [-0.25, -0.2) is 0 Å². The van der Waals surface area contributed by atoms with Crippen molar-refractivity contribution < 1.29 is 9.53 Å². The summed E-state index contributed by atoms with van der Waals surface area (Å²) < 4.78 is 5.17. The summed E-state index contributed by atoms with van der Waals surface area (Å²) in [6.45, 7) is 0.384. The molecule has 0 aliphatic carbocycles. The van der Waals surface area contributed by atoms with E-state index in [1.807, 2.05) is 12.1 Å². The first-order valence-corrected chi connectivity index (χ1v) is 6.33. The van der Waals surface area contributed by atoms with E-state index in [9.17, 15) is 4.79 Å². The molecule has 1 aromatic rings. The summed E-state index contributed by atoms with van der Waals surface area (Å²) in [5.74, 6) is 0.672. The summed E-state index contributed by atoms with van der Waals surface area (Å²) >= 11 is 9.24. The molecule has 0 heterocycles. The molecule has 0 aromatic heterocycles. The molecule has 0 unspecified atom stereocenters. The minimum atomic E-state index is -0.0150. The lowest BCUT2D eigenvalue weighted by atomic mass is 10.2. The van der Waals surface area contributed by atoms with E-state index in [0.29, 0.717) is 29.1 Å². The maximum atomic E-state index is 11.3. The Morgan fingerprint density at radius 2 is 2.31 bits per heavy atom. The van der Waals surface area contributed by atoms with E-state index >= 15 is 0 Å². The van der Waals surface area contributed by atoms with Crippen molar-refractivity contribution >= 4 is 33.4 Å². The molecule has 5 heteroatoms. The number of ether oxygens (including phenoxy) is 1. The first-order valence-electron chi connectivity index (χ1n) is 4.83. The molecule has 0 aliphatic heterocycles. The lowest BCUT2D eigenvalue weighted by Crippen LogP contribution is -2.23. The molecule has 0 bridgehead atoms. The third-order valence-electron chi connectivity index (χ3n) is 2.08. The Labute approximate surface area is 108 Å². The molecule has 16 heavy (non-hydrogen) atoms. The Kier molecular flexibility index (Phi) is 5.63. The van der Waals surface area contributed by atoms with Crippen LogP contribution in [0.25, 0.3) is 0 Å². The van der Waals surface area contributed by atoms with Gasteiger partial charge in [-0.05, 0) is 12.1 Å². The lowest BCUT2D eigenvalue weighted by molar-refractivity contribution is -0.120. The third-order valence-corrected chi connectivity index (χ3v) is 2.83. The van der Waals surface area contributed by atoms with Crippen LogP contribution in [0.4, 0.5) is 0 Å². The van der Waals surface area contributed by atoms with Gasteiger partial charge in [0.2, 0.25) is 5.91 Å². The monoisotopic (exact) mass is 305 g/mol. The number of alkyl halides is 1. The van der Waals surface area contributed by atoms with E-state index in [-0.39, 0.29) is 5.91 Å². The molecule has 1 N–H and O–H groups in total. The minimum Gasteiger partial charge on any atom is -0.496 e. The fraction of sp³-hybridized carbons (Fsp3) is 0.364. The number of nitrogens with one attached hydrogen (secondary N) is 1. The molecule has 0 aliphatic rings. The molecule has 0 saturated heterocycles. The number of benzene rings is 1. The van der Waals surface area contributed by atoms with Gasteiger partial charge in [-0.15, -0.1) is 0 Å². The number of rotatable bonds is 5. The second-order valence-electron chi connectivity index (χ2n) is 3.14. The van der Waals surface area contributed by atoms with Gasteiger partial charge in [0.1, 0.15) is 5.75 Å². The van der Waals surface area contributed by atoms with Crippen molar-refractivity contribution in [1.82, 2.24) is 5.32 Å². The molecule has 0 atom stereocenters. The summed E-state index contributed by atoms with van der Waals surface area (Å²) in [6, 6.07) is 5.40. The Hall–Kier alpha value is -0.740. The van der Waals surface area contributed by atoms with Crippen LogP contribution in [0.1, 0.15) is 12.0 Å². The Morgan fingerprint density at radius 3 is 2.94 bits per heavy atom. The van der Waals surface area contributed by atoms with Crippen LogP contribution in [-0.2, 0) is 11.3 Å². The van der Waals surface area contributed by atoms with E-state index < -0.39 is 0 Å². The van der Waals surface area contributed by atoms with Crippen LogP contribution in [0.15, 0.2) is 18.2 Å². The molecular weight excluding hydrogens is 293 g/mol. The Bertz CT molecular complexity index is 371. The van der Waals surface area contributed by atoms with E-state index in [4.69, 9.17) is 16.3 Å². The van der Waals surface area contributed by atoms with Crippen molar-refractivity contribution in [2.75, 3.05) is 12.4 Å². The van der Waals surface area contributed by atoms with E-state index in [0.717, 1.165) is 5.56 Å². The second-order valence-corrected chi connectivity index (χ2v) is 4.34. The summed E-state index contributed by atoms with van der Waals surface area (Å²) in [6.07, 6.45) is 0.451.